The summed E-state index contributed by atoms with van der Waals surface area (Å²) in [7, 11) is 0. The van der Waals surface area contributed by atoms with Crippen LogP contribution in [0.25, 0.3) is 0 Å². The number of aromatic amines is 2. The summed E-state index contributed by atoms with van der Waals surface area (Å²) >= 11 is 0.973. The van der Waals surface area contributed by atoms with Crippen molar-refractivity contribution in [2.75, 3.05) is 6.61 Å². The Kier molecular flexibility index (Phi) is 4.95. The maximum absolute atomic E-state index is 11.5. The van der Waals surface area contributed by atoms with Crippen molar-refractivity contribution < 1.29 is 9.53 Å². The number of H-pyrrole nitrogens is 2. The molecule has 0 radical (unpaired) electrons. The van der Waals surface area contributed by atoms with Gasteiger partial charge < -0.3 is 4.74 Å². The van der Waals surface area contributed by atoms with Crippen molar-refractivity contribution in [1.82, 2.24) is 15.2 Å². The van der Waals surface area contributed by atoms with Crippen molar-refractivity contribution in [3.63, 3.8) is 0 Å². The average molecular weight is 259 g/mol. The van der Waals surface area contributed by atoms with Crippen molar-refractivity contribution in [2.45, 2.75) is 30.5 Å². The van der Waals surface area contributed by atoms with Crippen LogP contribution in [0, 0.1) is 0 Å². The number of nitrogens with one attached hydrogen (secondary N) is 2. The number of hydrogen-bond acceptors (Lipinski definition) is 6. The smallest absolute Gasteiger partial charge is 0.342 e. The molecule has 2 N–H and O–H groups in total. The lowest BCUT2D eigenvalue weighted by Crippen LogP contribution is -2.27. The third kappa shape index (κ3) is 3.74. The molecule has 0 saturated carbocycles. The summed E-state index contributed by atoms with van der Waals surface area (Å²) in [6.07, 6.45) is 0.504. The number of thioether (sulfide) groups is 1. The van der Waals surface area contributed by atoms with Crippen molar-refractivity contribution in [3.05, 3.63) is 20.8 Å². The minimum Gasteiger partial charge on any atom is -0.465 e. The molecule has 0 spiro atoms. The average Bonchev–Trinajstić information content (AvgIpc) is 2.28. The summed E-state index contributed by atoms with van der Waals surface area (Å²) in [6.45, 7) is 3.79. The first-order valence-electron chi connectivity index (χ1n) is 5.10. The topological polar surface area (TPSA) is 105 Å². The van der Waals surface area contributed by atoms with Crippen LogP contribution in [0.15, 0.2) is 14.6 Å². The van der Waals surface area contributed by atoms with Gasteiger partial charge in [-0.05, 0) is 13.3 Å². The minimum absolute atomic E-state index is 0.0458. The van der Waals surface area contributed by atoms with Crippen LogP contribution in [-0.4, -0.2) is 33.0 Å². The molecule has 8 heteroatoms. The fourth-order valence-corrected chi connectivity index (χ4v) is 1.94. The molecule has 1 aromatic rings. The van der Waals surface area contributed by atoms with Crippen molar-refractivity contribution in [1.29, 1.82) is 0 Å². The van der Waals surface area contributed by atoms with E-state index >= 15 is 0 Å². The first kappa shape index (κ1) is 13.5. The van der Waals surface area contributed by atoms with Crippen molar-refractivity contribution in [3.8, 4) is 0 Å². The highest BCUT2D eigenvalue weighted by Gasteiger charge is 2.21. The summed E-state index contributed by atoms with van der Waals surface area (Å²) in [5.41, 5.74) is -1.29. The number of ether oxygens (including phenoxy) is 1. The summed E-state index contributed by atoms with van der Waals surface area (Å²) < 4.78 is 4.86. The molecule has 0 unspecified atom stereocenters. The Morgan fingerprint density at radius 3 is 2.71 bits per heavy atom. The Bertz CT molecular complexity index is 496. The second-order valence-corrected chi connectivity index (χ2v) is 4.27. The van der Waals surface area contributed by atoms with Crippen LogP contribution in [0.2, 0.25) is 0 Å². The molecular weight excluding hydrogens is 246 g/mol. The number of carbonyl (C=O) groups is 1. The van der Waals surface area contributed by atoms with E-state index < -0.39 is 22.5 Å². The zero-order valence-corrected chi connectivity index (χ0v) is 10.3. The van der Waals surface area contributed by atoms with Gasteiger partial charge in [-0.2, -0.15) is 5.10 Å². The molecule has 17 heavy (non-hydrogen) atoms. The Labute approximate surface area is 101 Å². The lowest BCUT2D eigenvalue weighted by molar-refractivity contribution is -0.142. The number of carbonyl (C=O) groups excluding carboxylic acids is 1. The monoisotopic (exact) mass is 259 g/mol. The Morgan fingerprint density at radius 2 is 2.18 bits per heavy atom. The Morgan fingerprint density at radius 1 is 1.47 bits per heavy atom. The van der Waals surface area contributed by atoms with Crippen LogP contribution in [0.1, 0.15) is 20.3 Å². The number of esters is 1. The highest BCUT2D eigenvalue weighted by Crippen LogP contribution is 2.20. The molecule has 0 aliphatic carbocycles. The molecule has 0 bridgehead atoms. The van der Waals surface area contributed by atoms with E-state index in [1.807, 2.05) is 4.98 Å². The van der Waals surface area contributed by atoms with Crippen LogP contribution in [-0.2, 0) is 9.53 Å². The van der Waals surface area contributed by atoms with E-state index in [0.717, 1.165) is 11.8 Å². The highest BCUT2D eigenvalue weighted by molar-refractivity contribution is 8.00. The molecule has 1 rings (SSSR count). The van der Waals surface area contributed by atoms with Crippen molar-refractivity contribution in [2.24, 2.45) is 0 Å². The lowest BCUT2D eigenvalue weighted by atomic mass is 10.3. The van der Waals surface area contributed by atoms with Gasteiger partial charge in [0.2, 0.25) is 0 Å². The van der Waals surface area contributed by atoms with E-state index in [1.54, 1.807) is 13.8 Å². The number of hydrogen-bond donors (Lipinski definition) is 2. The van der Waals surface area contributed by atoms with Crippen LogP contribution < -0.4 is 11.2 Å². The molecule has 0 aromatic carbocycles. The molecule has 94 valence electrons. The predicted molar refractivity (Wildman–Crippen MR) is 62.0 cm³/mol. The van der Waals surface area contributed by atoms with E-state index in [-0.39, 0.29) is 11.6 Å². The molecule has 7 nitrogen and oxygen atoms in total. The van der Waals surface area contributed by atoms with Gasteiger partial charge in [0.25, 0.3) is 5.56 Å². The fraction of sp³-hybridized carbons (Fsp3) is 0.556. The first-order chi connectivity index (χ1) is 8.08. The fourth-order valence-electron chi connectivity index (χ4n) is 1.08. The predicted octanol–water partition coefficient (Wildman–Crippen LogP) is -0.108. The van der Waals surface area contributed by atoms with Gasteiger partial charge in [-0.1, -0.05) is 18.7 Å². The van der Waals surface area contributed by atoms with E-state index in [4.69, 9.17) is 4.74 Å². The second kappa shape index (κ2) is 6.24. The summed E-state index contributed by atoms with van der Waals surface area (Å²) in [5, 5.41) is 5.23. The summed E-state index contributed by atoms with van der Waals surface area (Å²) in [6, 6.07) is 0. The molecule has 1 atom stereocenters. The number of aromatic nitrogens is 3. The molecule has 0 aliphatic heterocycles. The summed E-state index contributed by atoms with van der Waals surface area (Å²) in [5.74, 6) is -0.396. The van der Waals surface area contributed by atoms with Gasteiger partial charge in [0.15, 0.2) is 5.03 Å². The molecular formula is C9H13N3O4S. The third-order valence-corrected chi connectivity index (χ3v) is 3.16. The maximum atomic E-state index is 11.5. The Balaban J connectivity index is 2.84. The van der Waals surface area contributed by atoms with E-state index in [2.05, 4.69) is 10.2 Å². The van der Waals surface area contributed by atoms with Crippen LogP contribution in [0.4, 0.5) is 0 Å². The van der Waals surface area contributed by atoms with Crippen LogP contribution >= 0.6 is 11.8 Å². The zero-order chi connectivity index (χ0) is 12.8. The second-order valence-electron chi connectivity index (χ2n) is 3.08. The minimum atomic E-state index is -0.677. The molecule has 1 aromatic heterocycles. The SMILES string of the molecule is CCOC(=O)[C@H](CC)Sc1n[nH]c(=O)[nH]c1=O. The third-order valence-electron chi connectivity index (χ3n) is 1.85. The molecule has 0 saturated heterocycles. The molecule has 0 aliphatic rings. The van der Waals surface area contributed by atoms with Gasteiger partial charge in [0.05, 0.1) is 6.61 Å². The van der Waals surface area contributed by atoms with Gasteiger partial charge in [0, 0.05) is 0 Å². The summed E-state index contributed by atoms with van der Waals surface area (Å²) in [4.78, 5) is 35.7. The van der Waals surface area contributed by atoms with Gasteiger partial charge in [-0.3, -0.25) is 14.6 Å². The maximum Gasteiger partial charge on any atom is 0.342 e. The van der Waals surface area contributed by atoms with E-state index in [0.29, 0.717) is 6.42 Å². The van der Waals surface area contributed by atoms with Gasteiger partial charge in [-0.15, -0.1) is 0 Å². The first-order valence-corrected chi connectivity index (χ1v) is 5.98. The van der Waals surface area contributed by atoms with Crippen LogP contribution in [0.3, 0.4) is 0 Å². The zero-order valence-electron chi connectivity index (χ0n) is 9.48. The van der Waals surface area contributed by atoms with Crippen LogP contribution in [0.5, 0.6) is 0 Å². The van der Waals surface area contributed by atoms with Gasteiger partial charge >= 0.3 is 11.7 Å². The molecule has 0 fully saturated rings. The van der Waals surface area contributed by atoms with E-state index in [9.17, 15) is 14.4 Å². The van der Waals surface area contributed by atoms with Crippen molar-refractivity contribution >= 4 is 17.7 Å². The normalized spacial score (nSPS) is 12.1. The molecule has 0 amide bonds. The number of nitrogens with zero attached hydrogens (tertiary/aromatic N) is 1. The largest absolute Gasteiger partial charge is 0.465 e. The quantitative estimate of drug-likeness (QED) is 0.564. The Hall–Kier alpha value is -1.57. The standard InChI is InChI=1S/C9H13N3O4S/c1-3-5(8(14)16-4-2)17-7-6(13)10-9(15)12-11-7/h5H,3-4H2,1-2H3,(H2,10,12,13,15)/t5-/m0/s1. The van der Waals surface area contributed by atoms with Gasteiger partial charge in [0.1, 0.15) is 5.25 Å². The molecule has 1 heterocycles. The lowest BCUT2D eigenvalue weighted by Gasteiger charge is -2.11. The highest BCUT2D eigenvalue weighted by atomic mass is 32.2. The van der Waals surface area contributed by atoms with Gasteiger partial charge in [-0.25, -0.2) is 9.89 Å². The number of rotatable bonds is 5. The van der Waals surface area contributed by atoms with E-state index in [1.165, 1.54) is 0 Å².